The normalized spacial score (nSPS) is 25.6. The lowest BCUT2D eigenvalue weighted by atomic mass is 10.1. The topological polar surface area (TPSA) is 93.1 Å². The Labute approximate surface area is 123 Å². The van der Waals surface area contributed by atoms with Crippen LogP contribution in [0.2, 0.25) is 0 Å². The lowest BCUT2D eigenvalue weighted by molar-refractivity contribution is -0.157. The van der Waals surface area contributed by atoms with E-state index in [4.69, 9.17) is 9.47 Å². The van der Waals surface area contributed by atoms with Crippen LogP contribution in [-0.2, 0) is 19.1 Å². The Hall–Kier alpha value is -1.92. The Morgan fingerprint density at radius 1 is 1.48 bits per heavy atom. The molecule has 4 atom stereocenters. The molecule has 116 valence electrons. The van der Waals surface area contributed by atoms with Gasteiger partial charge in [-0.15, -0.1) is 0 Å². The number of carbonyl (C=O) groups is 2. The number of ether oxygens (including phenoxy) is 2. The first-order valence-corrected chi connectivity index (χ1v) is 6.62. The fourth-order valence-corrected chi connectivity index (χ4v) is 1.50. The van der Waals surface area contributed by atoms with Gasteiger partial charge in [0, 0.05) is 11.6 Å². The second kappa shape index (κ2) is 7.75. The van der Waals surface area contributed by atoms with Crippen LogP contribution in [-0.4, -0.2) is 46.6 Å². The summed E-state index contributed by atoms with van der Waals surface area (Å²) in [6.07, 6.45) is 3.24. The summed E-state index contributed by atoms with van der Waals surface area (Å²) in [5.41, 5.74) is 0.437. The number of cyclic esters (lactones) is 1. The van der Waals surface area contributed by atoms with Gasteiger partial charge in [0.1, 0.15) is 0 Å². The van der Waals surface area contributed by atoms with Gasteiger partial charge in [-0.05, 0) is 32.9 Å². The molecular weight excluding hydrogens is 276 g/mol. The molecule has 0 aromatic carbocycles. The third kappa shape index (κ3) is 5.17. The van der Waals surface area contributed by atoms with Crippen LogP contribution in [0.25, 0.3) is 0 Å². The van der Waals surface area contributed by atoms with Gasteiger partial charge in [0.15, 0.2) is 12.2 Å². The maximum atomic E-state index is 11.7. The van der Waals surface area contributed by atoms with Crippen molar-refractivity contribution in [3.05, 3.63) is 36.0 Å². The summed E-state index contributed by atoms with van der Waals surface area (Å²) in [5.74, 6) is -1.08. The Balaban J connectivity index is 2.81. The number of aliphatic hydroxyl groups excluding tert-OH is 2. The molecule has 0 aromatic heterocycles. The van der Waals surface area contributed by atoms with Gasteiger partial charge in [-0.3, -0.25) is 0 Å². The van der Waals surface area contributed by atoms with E-state index in [-0.39, 0.29) is 0 Å². The molecule has 0 unspecified atom stereocenters. The van der Waals surface area contributed by atoms with E-state index in [9.17, 15) is 19.8 Å². The summed E-state index contributed by atoms with van der Waals surface area (Å²) in [4.78, 5) is 23.0. The summed E-state index contributed by atoms with van der Waals surface area (Å²) < 4.78 is 10.3. The lowest BCUT2D eigenvalue weighted by Crippen LogP contribution is -2.36. The number of aliphatic hydroxyl groups is 2. The monoisotopic (exact) mass is 296 g/mol. The molecule has 0 radical (unpaired) electrons. The first kappa shape index (κ1) is 17.1. The van der Waals surface area contributed by atoms with Gasteiger partial charge in [0.2, 0.25) is 0 Å². The highest BCUT2D eigenvalue weighted by Gasteiger charge is 2.28. The molecular formula is C15H20O6. The number of esters is 2. The molecule has 0 amide bonds. The highest BCUT2D eigenvalue weighted by atomic mass is 16.6. The predicted molar refractivity (Wildman–Crippen MR) is 75.2 cm³/mol. The molecule has 6 heteroatoms. The SMILES string of the molecule is CC=C(C)C(=O)O[C@H]1C=CC(=O)O[C@H]1C=C[C@H](O)[C@H](C)O. The van der Waals surface area contributed by atoms with E-state index in [2.05, 4.69) is 0 Å². The zero-order valence-electron chi connectivity index (χ0n) is 12.2. The van der Waals surface area contributed by atoms with Gasteiger partial charge in [-0.1, -0.05) is 12.2 Å². The van der Waals surface area contributed by atoms with Crippen molar-refractivity contribution in [3.63, 3.8) is 0 Å². The van der Waals surface area contributed by atoms with Crippen molar-refractivity contribution in [2.45, 2.75) is 45.2 Å². The van der Waals surface area contributed by atoms with Crippen LogP contribution in [0.5, 0.6) is 0 Å². The van der Waals surface area contributed by atoms with Gasteiger partial charge in [0.25, 0.3) is 0 Å². The largest absolute Gasteiger partial charge is 0.451 e. The molecule has 0 saturated heterocycles. The van der Waals surface area contributed by atoms with Crippen LogP contribution in [0.1, 0.15) is 20.8 Å². The summed E-state index contributed by atoms with van der Waals surface area (Å²) in [6.45, 7) is 4.75. The van der Waals surface area contributed by atoms with E-state index in [1.807, 2.05) is 0 Å². The first-order valence-electron chi connectivity index (χ1n) is 6.62. The van der Waals surface area contributed by atoms with E-state index < -0.39 is 36.4 Å². The first-order chi connectivity index (χ1) is 9.85. The average Bonchev–Trinajstić information content (AvgIpc) is 2.45. The van der Waals surface area contributed by atoms with Crippen LogP contribution < -0.4 is 0 Å². The Kier molecular flexibility index (Phi) is 6.33. The fraction of sp³-hybridized carbons (Fsp3) is 0.467. The number of rotatable bonds is 5. The molecule has 0 saturated carbocycles. The molecule has 0 aliphatic carbocycles. The van der Waals surface area contributed by atoms with E-state index in [1.54, 1.807) is 19.9 Å². The van der Waals surface area contributed by atoms with E-state index >= 15 is 0 Å². The van der Waals surface area contributed by atoms with Gasteiger partial charge >= 0.3 is 11.9 Å². The number of carbonyl (C=O) groups excluding carboxylic acids is 2. The zero-order chi connectivity index (χ0) is 16.0. The summed E-state index contributed by atoms with van der Waals surface area (Å²) >= 11 is 0. The molecule has 0 fully saturated rings. The van der Waals surface area contributed by atoms with Crippen molar-refractivity contribution < 1.29 is 29.3 Å². The Bertz CT molecular complexity index is 475. The molecule has 1 heterocycles. The minimum atomic E-state index is -1.09. The van der Waals surface area contributed by atoms with E-state index in [0.717, 1.165) is 0 Å². The average molecular weight is 296 g/mol. The Morgan fingerprint density at radius 2 is 2.14 bits per heavy atom. The van der Waals surface area contributed by atoms with Crippen molar-refractivity contribution in [1.82, 2.24) is 0 Å². The fourth-order valence-electron chi connectivity index (χ4n) is 1.50. The predicted octanol–water partition coefficient (Wildman–Crippen LogP) is 0.644. The third-order valence-corrected chi connectivity index (χ3v) is 2.99. The van der Waals surface area contributed by atoms with Gasteiger partial charge in [-0.2, -0.15) is 0 Å². The van der Waals surface area contributed by atoms with Crippen LogP contribution in [0.15, 0.2) is 36.0 Å². The minimum absolute atomic E-state index is 0.437. The second-order valence-corrected chi connectivity index (χ2v) is 4.72. The number of hydrogen-bond donors (Lipinski definition) is 2. The maximum Gasteiger partial charge on any atom is 0.334 e. The van der Waals surface area contributed by atoms with Gasteiger partial charge in [-0.25, -0.2) is 9.59 Å². The molecule has 0 aromatic rings. The van der Waals surface area contributed by atoms with Gasteiger partial charge in [0.05, 0.1) is 12.2 Å². The van der Waals surface area contributed by atoms with Crippen molar-refractivity contribution in [2.75, 3.05) is 0 Å². The van der Waals surface area contributed by atoms with Crippen molar-refractivity contribution in [2.24, 2.45) is 0 Å². The van der Waals surface area contributed by atoms with Gasteiger partial charge < -0.3 is 19.7 Å². The maximum absolute atomic E-state index is 11.7. The van der Waals surface area contributed by atoms with E-state index in [0.29, 0.717) is 5.57 Å². The molecule has 1 rings (SSSR count). The highest BCUT2D eigenvalue weighted by molar-refractivity contribution is 5.88. The molecule has 0 spiro atoms. The lowest BCUT2D eigenvalue weighted by Gasteiger charge is -2.25. The Morgan fingerprint density at radius 3 is 2.71 bits per heavy atom. The molecule has 21 heavy (non-hydrogen) atoms. The van der Waals surface area contributed by atoms with Crippen LogP contribution >= 0.6 is 0 Å². The number of allylic oxidation sites excluding steroid dienone is 1. The highest BCUT2D eigenvalue weighted by Crippen LogP contribution is 2.16. The van der Waals surface area contributed by atoms with Crippen LogP contribution in [0, 0.1) is 0 Å². The molecule has 6 nitrogen and oxygen atoms in total. The van der Waals surface area contributed by atoms with Crippen molar-refractivity contribution >= 4 is 11.9 Å². The quantitative estimate of drug-likeness (QED) is 0.439. The molecule has 0 bridgehead atoms. The molecule has 1 aliphatic heterocycles. The summed E-state index contributed by atoms with van der Waals surface area (Å²) in [7, 11) is 0. The standard InChI is InChI=1S/C15H20O6/c1-4-9(2)15(19)21-13-7-8-14(18)20-12(13)6-5-11(17)10(3)16/h4-8,10-13,16-17H,1-3H3/t10-,11-,12-,13-/m0/s1. The number of hydrogen-bond acceptors (Lipinski definition) is 6. The van der Waals surface area contributed by atoms with E-state index in [1.165, 1.54) is 31.2 Å². The summed E-state index contributed by atoms with van der Waals surface area (Å²) in [6, 6.07) is 0. The minimum Gasteiger partial charge on any atom is -0.451 e. The second-order valence-electron chi connectivity index (χ2n) is 4.72. The zero-order valence-corrected chi connectivity index (χ0v) is 12.2. The molecule has 2 N–H and O–H groups in total. The van der Waals surface area contributed by atoms with Crippen molar-refractivity contribution in [1.29, 1.82) is 0 Å². The van der Waals surface area contributed by atoms with Crippen LogP contribution in [0.3, 0.4) is 0 Å². The van der Waals surface area contributed by atoms with Crippen LogP contribution in [0.4, 0.5) is 0 Å². The summed E-state index contributed by atoms with van der Waals surface area (Å²) in [5, 5.41) is 18.7. The molecule has 1 aliphatic rings. The smallest absolute Gasteiger partial charge is 0.334 e. The third-order valence-electron chi connectivity index (χ3n) is 2.99. The van der Waals surface area contributed by atoms with Crippen molar-refractivity contribution in [3.8, 4) is 0 Å².